The third-order valence-electron chi connectivity index (χ3n) is 2.39. The van der Waals surface area contributed by atoms with Crippen LogP contribution in [0.2, 0.25) is 0 Å². The second-order valence-electron chi connectivity index (χ2n) is 3.69. The first-order chi connectivity index (χ1) is 7.88. The van der Waals surface area contributed by atoms with Gasteiger partial charge in [0.25, 0.3) is 5.91 Å². The molecule has 1 amide bonds. The predicted octanol–water partition coefficient (Wildman–Crippen LogP) is -0.398. The molecule has 17 heavy (non-hydrogen) atoms. The molecule has 0 aliphatic rings. The van der Waals surface area contributed by atoms with Gasteiger partial charge in [-0.05, 0) is 13.8 Å². The first-order valence-corrected chi connectivity index (χ1v) is 5.06. The van der Waals surface area contributed by atoms with Crippen LogP contribution in [0, 0.1) is 6.92 Å². The van der Waals surface area contributed by atoms with E-state index in [1.807, 2.05) is 0 Å². The molecule has 0 spiro atoms. The number of ether oxygens (including phenoxy) is 1. The third kappa shape index (κ3) is 2.55. The number of nitrogens with zero attached hydrogens (tertiary/aromatic N) is 2. The average molecular weight is 240 g/mol. The number of aryl methyl sites for hydroxylation is 2. The zero-order chi connectivity index (χ0) is 13.2. The lowest BCUT2D eigenvalue weighted by Crippen LogP contribution is -2.40. The van der Waals surface area contributed by atoms with Crippen molar-refractivity contribution < 1.29 is 14.3 Å². The molecule has 0 aliphatic carbocycles. The predicted molar refractivity (Wildman–Crippen MR) is 61.3 cm³/mol. The number of anilines is 1. The summed E-state index contributed by atoms with van der Waals surface area (Å²) in [4.78, 5) is 23.0. The summed E-state index contributed by atoms with van der Waals surface area (Å²) in [6.07, 6.45) is 0. The number of nitrogens with one attached hydrogen (secondary N) is 1. The van der Waals surface area contributed by atoms with E-state index in [4.69, 9.17) is 5.73 Å². The van der Waals surface area contributed by atoms with Gasteiger partial charge in [0.2, 0.25) is 0 Å². The fraction of sp³-hybridized carbons (Fsp3) is 0.500. The number of esters is 1. The van der Waals surface area contributed by atoms with Crippen molar-refractivity contribution in [2.24, 2.45) is 7.05 Å². The summed E-state index contributed by atoms with van der Waals surface area (Å²) in [5.41, 5.74) is 6.84. The molecule has 0 aromatic carbocycles. The van der Waals surface area contributed by atoms with Crippen molar-refractivity contribution in [1.29, 1.82) is 0 Å². The Morgan fingerprint density at radius 2 is 2.12 bits per heavy atom. The molecular formula is C10H16N4O3. The number of nitrogens with two attached hydrogens (primary N) is 1. The third-order valence-corrected chi connectivity index (χ3v) is 2.39. The van der Waals surface area contributed by atoms with Gasteiger partial charge >= 0.3 is 5.97 Å². The van der Waals surface area contributed by atoms with Crippen LogP contribution in [0.25, 0.3) is 0 Å². The van der Waals surface area contributed by atoms with Crippen LogP contribution in [0.15, 0.2) is 0 Å². The van der Waals surface area contributed by atoms with Gasteiger partial charge in [-0.2, -0.15) is 5.10 Å². The summed E-state index contributed by atoms with van der Waals surface area (Å²) in [6, 6.07) is -0.734. The van der Waals surface area contributed by atoms with Crippen molar-refractivity contribution in [2.75, 3.05) is 12.8 Å². The minimum Gasteiger partial charge on any atom is -0.467 e. The summed E-state index contributed by atoms with van der Waals surface area (Å²) in [5.74, 6) is -0.973. The van der Waals surface area contributed by atoms with Crippen molar-refractivity contribution in [1.82, 2.24) is 15.1 Å². The summed E-state index contributed by atoms with van der Waals surface area (Å²) in [5, 5.41) is 6.51. The molecule has 0 saturated heterocycles. The summed E-state index contributed by atoms with van der Waals surface area (Å²) in [7, 11) is 2.87. The number of hydrogen-bond acceptors (Lipinski definition) is 5. The molecule has 0 saturated carbocycles. The fourth-order valence-electron chi connectivity index (χ4n) is 1.44. The van der Waals surface area contributed by atoms with Crippen molar-refractivity contribution in [2.45, 2.75) is 19.9 Å². The average Bonchev–Trinajstić information content (AvgIpc) is 2.51. The van der Waals surface area contributed by atoms with Crippen LogP contribution < -0.4 is 11.1 Å². The largest absolute Gasteiger partial charge is 0.467 e. The van der Waals surface area contributed by atoms with E-state index in [-0.39, 0.29) is 5.69 Å². The van der Waals surface area contributed by atoms with E-state index >= 15 is 0 Å². The molecule has 0 radical (unpaired) electrons. The molecule has 1 heterocycles. The van der Waals surface area contributed by atoms with E-state index in [1.165, 1.54) is 18.7 Å². The van der Waals surface area contributed by atoms with E-state index in [9.17, 15) is 9.59 Å². The number of aromatic nitrogens is 2. The Bertz CT molecular complexity index is 453. The Morgan fingerprint density at radius 1 is 1.53 bits per heavy atom. The standard InChI is InChI=1S/C10H16N4O3/c1-5-7(11)8(14(3)13-5)9(15)12-6(2)10(16)17-4/h6H,11H2,1-4H3,(H,12,15). The second-order valence-corrected chi connectivity index (χ2v) is 3.69. The molecule has 1 aromatic rings. The SMILES string of the molecule is COC(=O)C(C)NC(=O)c1c(N)c(C)nn1C. The molecule has 1 aromatic heterocycles. The van der Waals surface area contributed by atoms with Crippen molar-refractivity contribution >= 4 is 17.6 Å². The number of nitrogen functional groups attached to an aromatic ring is 1. The van der Waals surface area contributed by atoms with Crippen molar-refractivity contribution in [3.8, 4) is 0 Å². The van der Waals surface area contributed by atoms with Crippen LogP contribution in [-0.2, 0) is 16.6 Å². The molecule has 94 valence electrons. The molecule has 7 nitrogen and oxygen atoms in total. The lowest BCUT2D eigenvalue weighted by atomic mass is 10.2. The zero-order valence-electron chi connectivity index (χ0n) is 10.3. The van der Waals surface area contributed by atoms with Gasteiger partial charge in [-0.15, -0.1) is 0 Å². The maximum atomic E-state index is 11.9. The topological polar surface area (TPSA) is 99.2 Å². The van der Waals surface area contributed by atoms with E-state index in [1.54, 1.807) is 14.0 Å². The molecule has 1 rings (SSSR count). The smallest absolute Gasteiger partial charge is 0.328 e. The van der Waals surface area contributed by atoms with E-state index in [2.05, 4.69) is 15.2 Å². The Hall–Kier alpha value is -2.05. The molecule has 7 heteroatoms. The number of rotatable bonds is 3. The van der Waals surface area contributed by atoms with E-state index < -0.39 is 17.9 Å². The van der Waals surface area contributed by atoms with Gasteiger partial charge in [-0.25, -0.2) is 4.79 Å². The van der Waals surface area contributed by atoms with Crippen LogP contribution in [0.4, 0.5) is 5.69 Å². The maximum Gasteiger partial charge on any atom is 0.328 e. The number of amides is 1. The van der Waals surface area contributed by atoms with E-state index in [0.717, 1.165) is 0 Å². The van der Waals surface area contributed by atoms with Gasteiger partial charge in [0.1, 0.15) is 11.7 Å². The lowest BCUT2D eigenvalue weighted by Gasteiger charge is -2.11. The van der Waals surface area contributed by atoms with Gasteiger partial charge < -0.3 is 15.8 Å². The van der Waals surface area contributed by atoms with Gasteiger partial charge in [-0.3, -0.25) is 9.48 Å². The van der Waals surface area contributed by atoms with Gasteiger partial charge in [0.15, 0.2) is 0 Å². The molecule has 0 fully saturated rings. The molecule has 0 aliphatic heterocycles. The monoisotopic (exact) mass is 240 g/mol. The van der Waals surface area contributed by atoms with Crippen molar-refractivity contribution in [3.63, 3.8) is 0 Å². The maximum absolute atomic E-state index is 11.9. The highest BCUT2D eigenvalue weighted by Crippen LogP contribution is 2.14. The fourth-order valence-corrected chi connectivity index (χ4v) is 1.44. The highest BCUT2D eigenvalue weighted by Gasteiger charge is 2.22. The lowest BCUT2D eigenvalue weighted by molar-refractivity contribution is -0.142. The van der Waals surface area contributed by atoms with Crippen molar-refractivity contribution in [3.05, 3.63) is 11.4 Å². The van der Waals surface area contributed by atoms with Gasteiger partial charge in [-0.1, -0.05) is 0 Å². The number of methoxy groups -OCH3 is 1. The van der Waals surface area contributed by atoms with Gasteiger partial charge in [0, 0.05) is 7.05 Å². The normalized spacial score (nSPS) is 12.0. The Labute approximate surface area is 98.9 Å². The minimum absolute atomic E-state index is 0.234. The summed E-state index contributed by atoms with van der Waals surface area (Å²) in [6.45, 7) is 3.24. The van der Waals surface area contributed by atoms with Crippen LogP contribution in [0.3, 0.4) is 0 Å². The van der Waals surface area contributed by atoms with E-state index in [0.29, 0.717) is 11.4 Å². The number of carbonyl (C=O) groups excluding carboxylic acids is 2. The molecular weight excluding hydrogens is 224 g/mol. The van der Waals surface area contributed by atoms with Crippen LogP contribution in [-0.4, -0.2) is 34.8 Å². The van der Waals surface area contributed by atoms with Crippen LogP contribution >= 0.6 is 0 Å². The first kappa shape index (κ1) is 13.0. The summed E-state index contributed by atoms with van der Waals surface area (Å²) < 4.78 is 5.89. The van der Waals surface area contributed by atoms with Gasteiger partial charge in [0.05, 0.1) is 18.5 Å². The highest BCUT2D eigenvalue weighted by atomic mass is 16.5. The van der Waals surface area contributed by atoms with Crippen LogP contribution in [0.1, 0.15) is 23.1 Å². The molecule has 0 bridgehead atoms. The second kappa shape index (κ2) is 4.86. The quantitative estimate of drug-likeness (QED) is 0.700. The molecule has 1 unspecified atom stereocenters. The van der Waals surface area contributed by atoms with Crippen LogP contribution in [0.5, 0.6) is 0 Å². The Kier molecular flexibility index (Phi) is 3.72. The Morgan fingerprint density at radius 3 is 2.53 bits per heavy atom. The molecule has 1 atom stereocenters. The minimum atomic E-state index is -0.734. The molecule has 3 N–H and O–H groups in total. The number of hydrogen-bond donors (Lipinski definition) is 2. The number of carbonyl (C=O) groups is 2. The summed E-state index contributed by atoms with van der Waals surface area (Å²) >= 11 is 0. The highest BCUT2D eigenvalue weighted by molar-refractivity contribution is 5.99. The zero-order valence-corrected chi connectivity index (χ0v) is 10.3. The Balaban J connectivity index is 2.87. The first-order valence-electron chi connectivity index (χ1n) is 5.06.